The minimum absolute atomic E-state index is 0.00475. The summed E-state index contributed by atoms with van der Waals surface area (Å²) in [6.45, 7) is 5.86. The number of sulfonamides is 1. The fourth-order valence-corrected chi connectivity index (χ4v) is 17.5. The van der Waals surface area contributed by atoms with Crippen LogP contribution in [-0.4, -0.2) is 117 Å². The Balaban J connectivity index is 0.000000124. The molecule has 0 unspecified atom stereocenters. The highest BCUT2D eigenvalue weighted by molar-refractivity contribution is 7.89. The van der Waals surface area contributed by atoms with E-state index in [0.29, 0.717) is 62.5 Å². The Morgan fingerprint density at radius 2 is 0.833 bits per heavy atom. The number of benzene rings is 5. The highest BCUT2D eigenvalue weighted by Gasteiger charge is 2.58. The highest BCUT2D eigenvalue weighted by Crippen LogP contribution is 2.47. The van der Waals surface area contributed by atoms with E-state index in [9.17, 15) is 27.6 Å². The summed E-state index contributed by atoms with van der Waals surface area (Å²) in [5.74, 6) is 2.13. The van der Waals surface area contributed by atoms with Gasteiger partial charge in [0, 0.05) is 163 Å². The molecule has 4 saturated carbocycles. The molecule has 3 aliphatic heterocycles. The molecule has 0 atom stereocenters. The zero-order valence-electron chi connectivity index (χ0n) is 61.1. The van der Waals surface area contributed by atoms with Gasteiger partial charge in [-0.2, -0.15) is 15.3 Å². The summed E-state index contributed by atoms with van der Waals surface area (Å²) in [5, 5.41) is 21.8. The van der Waals surface area contributed by atoms with Gasteiger partial charge in [-0.05, 0) is 158 Å². The van der Waals surface area contributed by atoms with Crippen molar-refractivity contribution in [1.82, 2.24) is 64.3 Å². The van der Waals surface area contributed by atoms with E-state index in [1.165, 1.54) is 94.7 Å². The van der Waals surface area contributed by atoms with Crippen LogP contribution in [0.2, 0.25) is 0 Å². The number of nitrogens with zero attached hydrogens (tertiary/aromatic N) is 12. The molecule has 11 aromatic rings. The molecular weight excluding hydrogens is 1370 g/mol. The number of hydrogen-bond acceptors (Lipinski definition) is 12. The van der Waals surface area contributed by atoms with Crippen molar-refractivity contribution in [3.05, 3.63) is 246 Å². The fourth-order valence-electron chi connectivity index (χ4n) is 16.9. The van der Waals surface area contributed by atoms with Crippen molar-refractivity contribution in [1.29, 1.82) is 0 Å². The first-order valence-electron chi connectivity index (χ1n) is 38.3. The molecule has 4 fully saturated rings. The second-order valence-corrected chi connectivity index (χ2v) is 31.8. The number of pyridine rings is 3. The van der Waals surface area contributed by atoms with Gasteiger partial charge in [0.25, 0.3) is 17.7 Å². The Labute approximate surface area is 630 Å². The zero-order valence-corrected chi connectivity index (χ0v) is 61.9. The van der Waals surface area contributed by atoms with Gasteiger partial charge in [0.15, 0.2) is 0 Å². The molecule has 18 rings (SSSR count). The first-order chi connectivity index (χ1) is 52.7. The van der Waals surface area contributed by atoms with E-state index in [2.05, 4.69) is 101 Å². The average Bonchev–Trinajstić information content (AvgIpc) is 1.57. The third-order valence-electron chi connectivity index (χ3n) is 23.1. The highest BCUT2D eigenvalue weighted by atomic mass is 32.2. The smallest absolute Gasteiger partial charge is 0.255 e. The molecule has 0 saturated heterocycles. The van der Waals surface area contributed by atoms with Crippen LogP contribution < -0.4 is 10.5 Å². The van der Waals surface area contributed by atoms with Gasteiger partial charge in [0.2, 0.25) is 15.9 Å². The summed E-state index contributed by atoms with van der Waals surface area (Å²) in [5.41, 5.74) is 18.3. The summed E-state index contributed by atoms with van der Waals surface area (Å²) < 4.78 is 29.2. The van der Waals surface area contributed by atoms with E-state index in [1.54, 1.807) is 36.5 Å². The number of fused-ring (bicyclic) bond motifs is 3. The Morgan fingerprint density at radius 3 is 1.21 bits per heavy atom. The monoisotopic (exact) mass is 1460 g/mol. The lowest BCUT2D eigenvalue weighted by atomic mass is 9.98. The number of likely N-dealkylation sites (N-methyl/N-ethyl adjacent to an activating group) is 1. The summed E-state index contributed by atoms with van der Waals surface area (Å²) >= 11 is 0. The second-order valence-electron chi connectivity index (χ2n) is 30.2. The lowest BCUT2D eigenvalue weighted by Crippen LogP contribution is -2.48. The van der Waals surface area contributed by atoms with Crippen LogP contribution in [0.3, 0.4) is 0 Å². The number of nitrogens with one attached hydrogen (secondary N) is 1. The third kappa shape index (κ3) is 15.3. The van der Waals surface area contributed by atoms with Crippen molar-refractivity contribution >= 4 is 33.7 Å². The van der Waals surface area contributed by atoms with Crippen LogP contribution in [0, 0.1) is 17.8 Å². The Kier molecular flexibility index (Phi) is 20.5. The van der Waals surface area contributed by atoms with E-state index in [-0.39, 0.29) is 28.5 Å². The normalized spacial score (nSPS) is 16.7. The Hall–Kier alpha value is -11.0. The Morgan fingerprint density at radius 1 is 0.454 bits per heavy atom. The Bertz CT molecular complexity index is 5260. The quantitative estimate of drug-likeness (QED) is 0.0682. The number of carbonyl (C=O) groups is 4. The number of hydrogen-bond donors (Lipinski definition) is 2. The number of primary sulfonamides is 1. The molecule has 4 amide bonds. The van der Waals surface area contributed by atoms with Crippen LogP contribution in [0.25, 0.3) is 67.2 Å². The molecule has 4 aliphatic carbocycles. The predicted molar refractivity (Wildman–Crippen MR) is 416 cm³/mol. The summed E-state index contributed by atoms with van der Waals surface area (Å²) in [7, 11) is -2.09. The van der Waals surface area contributed by atoms with Crippen LogP contribution in [0.4, 0.5) is 0 Å². The molecular formula is C87H90N14O6S. The van der Waals surface area contributed by atoms with Gasteiger partial charge in [0.1, 0.15) is 5.54 Å². The second kappa shape index (κ2) is 31.0. The van der Waals surface area contributed by atoms with E-state index in [0.717, 1.165) is 139 Å². The number of amides is 4. The maximum absolute atomic E-state index is 13.3. The van der Waals surface area contributed by atoms with Crippen molar-refractivity contribution in [2.24, 2.45) is 22.9 Å². The van der Waals surface area contributed by atoms with Crippen molar-refractivity contribution in [2.45, 2.75) is 152 Å². The van der Waals surface area contributed by atoms with Crippen molar-refractivity contribution < 1.29 is 27.6 Å². The maximum Gasteiger partial charge on any atom is 0.255 e. The van der Waals surface area contributed by atoms with E-state index >= 15 is 0 Å². The molecule has 21 heteroatoms. The molecule has 108 heavy (non-hydrogen) atoms. The van der Waals surface area contributed by atoms with Crippen LogP contribution >= 0.6 is 0 Å². The summed E-state index contributed by atoms with van der Waals surface area (Å²) in [4.78, 5) is 72.0. The third-order valence-corrected chi connectivity index (χ3v) is 24.0. The molecule has 0 spiro atoms. The SMILES string of the molecule is CNC(=O)C1(N2Cc3ccc(-c4ncccc4-c4cnn(CC5CCCC5)c4)cc3C2=O)CC1.NS(=O)(=O)c1ccc(CCN2Cc3ccc(-c4ncccc4-c4cnn(CC5CCCC5)c4)cc3C2=O)cc1.O=C1c2cc(-c3ncccc3-c3cnn(CC4CCCC4)c3)ccc2CN1CCc1ccccc1. The summed E-state index contributed by atoms with van der Waals surface area (Å²) in [6, 6.07) is 47.1. The molecule has 3 N–H and O–H groups in total. The minimum atomic E-state index is -3.72. The minimum Gasteiger partial charge on any atom is -0.357 e. The van der Waals surface area contributed by atoms with Crippen LogP contribution in [0.5, 0.6) is 0 Å². The van der Waals surface area contributed by atoms with E-state index < -0.39 is 15.6 Å². The van der Waals surface area contributed by atoms with Crippen molar-refractivity contribution in [2.75, 3.05) is 20.1 Å². The standard InChI is InChI=1S/C30H31N5O3S.C30H30N4O.C27H29N5O2/c31-39(37,38)26-11-7-21(8-12-26)13-15-34-19-24-10-9-23(16-28(24)30(34)36)29-27(6-3-14-32-29)25-17-33-35(20-25)18-22-4-1-2-5-22;35-30-28-17-24(12-13-25(28)20-33(30)16-14-22-7-2-1-3-8-22)29-27(11-6-15-31-29)26-18-32-34(21-26)19-23-9-4-5-10-23;1-28-26(34)27(10-11-27)32-17-20-9-8-19(13-23(20)25(32)33)24-22(7-4-12-29-24)21-14-30-31(16-21)15-18-5-2-3-6-18/h3,6-12,14,16-17,20,22H,1-2,4-5,13,15,18-19H2,(H2,31,37,38);1-3,6-8,11-13,15,17-18,21,23H,4-5,9-10,14,16,19-20H2;4,7-9,12-14,16,18H,2-3,5-6,10-11,15,17H2,1H3,(H,28,34). The van der Waals surface area contributed by atoms with Crippen molar-refractivity contribution in [3.63, 3.8) is 0 Å². The molecule has 0 bridgehead atoms. The van der Waals surface area contributed by atoms with Gasteiger partial charge in [-0.1, -0.05) is 136 Å². The van der Waals surface area contributed by atoms with Gasteiger partial charge in [-0.15, -0.1) is 0 Å². The molecule has 6 aromatic heterocycles. The number of rotatable bonds is 21. The van der Waals surface area contributed by atoms with E-state index in [1.807, 2.05) is 113 Å². The van der Waals surface area contributed by atoms with E-state index in [4.69, 9.17) is 15.1 Å². The topological polar surface area (TPSA) is 242 Å². The largest absolute Gasteiger partial charge is 0.357 e. The van der Waals surface area contributed by atoms with Crippen LogP contribution in [-0.2, 0) is 66.9 Å². The number of aromatic nitrogens is 9. The van der Waals surface area contributed by atoms with Gasteiger partial charge < -0.3 is 20.0 Å². The zero-order chi connectivity index (χ0) is 73.9. The number of carbonyl (C=O) groups excluding carboxylic acids is 4. The first kappa shape index (κ1) is 71.2. The van der Waals surface area contributed by atoms with Crippen LogP contribution in [0.1, 0.15) is 149 Å². The predicted octanol–water partition coefficient (Wildman–Crippen LogP) is 14.7. The fraction of sp³-hybridized carbons (Fsp3) is 0.333. The number of nitrogens with two attached hydrogens (primary N) is 1. The van der Waals surface area contributed by atoms with Crippen LogP contribution in [0.15, 0.2) is 206 Å². The van der Waals surface area contributed by atoms with Gasteiger partial charge >= 0.3 is 0 Å². The molecule has 0 radical (unpaired) electrons. The molecule has 9 heterocycles. The molecule has 20 nitrogen and oxygen atoms in total. The first-order valence-corrected chi connectivity index (χ1v) is 39.8. The molecule has 5 aromatic carbocycles. The molecule has 7 aliphatic rings. The maximum atomic E-state index is 13.3. The summed E-state index contributed by atoms with van der Waals surface area (Å²) in [6.07, 6.45) is 36.1. The van der Waals surface area contributed by atoms with Crippen molar-refractivity contribution in [3.8, 4) is 67.2 Å². The lowest BCUT2D eigenvalue weighted by molar-refractivity contribution is -0.126. The average molecular weight is 1460 g/mol. The lowest BCUT2D eigenvalue weighted by Gasteiger charge is -2.25. The molecule has 550 valence electrons. The van der Waals surface area contributed by atoms with Gasteiger partial charge in [-0.3, -0.25) is 48.2 Å². The van der Waals surface area contributed by atoms with Gasteiger partial charge in [0.05, 0.1) is 40.6 Å². The van der Waals surface area contributed by atoms with Gasteiger partial charge in [-0.25, -0.2) is 13.6 Å².